The quantitative estimate of drug-likeness (QED) is 0.715. The Hall–Kier alpha value is -0.290. The van der Waals surface area contributed by atoms with Crippen molar-refractivity contribution in [2.24, 2.45) is 0 Å². The Kier molecular flexibility index (Phi) is 5.13. The average Bonchev–Trinajstić information content (AvgIpc) is 2.75. The van der Waals surface area contributed by atoms with Gasteiger partial charge in [-0.05, 0) is 79.2 Å². The molecule has 0 spiro atoms. The van der Waals surface area contributed by atoms with Crippen molar-refractivity contribution in [3.8, 4) is 0 Å². The van der Waals surface area contributed by atoms with Crippen molar-refractivity contribution >= 4 is 14.2 Å². The predicted molar refractivity (Wildman–Crippen MR) is 99.8 cm³/mol. The molecule has 2 heterocycles. The summed E-state index contributed by atoms with van der Waals surface area (Å²) in [5.41, 5.74) is 0.934. The van der Waals surface area contributed by atoms with Gasteiger partial charge in [-0.3, -0.25) is 0 Å². The molecule has 0 saturated carbocycles. The molecule has 4 nitrogen and oxygen atoms in total. The van der Waals surface area contributed by atoms with Crippen LogP contribution in [0.3, 0.4) is 0 Å². The SMILES string of the molecule is CCC(B1OC(C)(C)C(C)(C)O1)=C(CC)B1OC(C)(C)C(C)(C)O1. The van der Waals surface area contributed by atoms with Gasteiger partial charge >= 0.3 is 14.2 Å². The van der Waals surface area contributed by atoms with Gasteiger partial charge in [0.25, 0.3) is 0 Å². The second kappa shape index (κ2) is 6.15. The van der Waals surface area contributed by atoms with Gasteiger partial charge in [-0.2, -0.15) is 0 Å². The molecule has 0 aliphatic carbocycles. The first-order valence-electron chi connectivity index (χ1n) is 9.21. The van der Waals surface area contributed by atoms with Gasteiger partial charge in [0.15, 0.2) is 0 Å². The molecule has 2 aliphatic heterocycles. The summed E-state index contributed by atoms with van der Waals surface area (Å²) in [5.74, 6) is 0. The van der Waals surface area contributed by atoms with E-state index in [9.17, 15) is 0 Å². The molecule has 0 aromatic heterocycles. The smallest absolute Gasteiger partial charge is 0.400 e. The van der Waals surface area contributed by atoms with Crippen molar-refractivity contribution in [2.45, 2.75) is 104 Å². The summed E-state index contributed by atoms with van der Waals surface area (Å²) in [6.07, 6.45) is 1.70. The van der Waals surface area contributed by atoms with Crippen molar-refractivity contribution in [1.29, 1.82) is 0 Å². The third kappa shape index (κ3) is 3.23. The van der Waals surface area contributed by atoms with E-state index >= 15 is 0 Å². The first-order valence-corrected chi connectivity index (χ1v) is 9.21. The fourth-order valence-corrected chi connectivity index (χ4v) is 3.06. The maximum absolute atomic E-state index is 6.27. The molecule has 0 aromatic carbocycles. The highest BCUT2D eigenvalue weighted by molar-refractivity contribution is 6.62. The number of rotatable bonds is 4. The van der Waals surface area contributed by atoms with E-state index in [-0.39, 0.29) is 36.6 Å². The summed E-state index contributed by atoms with van der Waals surface area (Å²) in [6, 6.07) is 0. The van der Waals surface area contributed by atoms with Crippen LogP contribution in [0, 0.1) is 0 Å². The van der Waals surface area contributed by atoms with Crippen LogP contribution in [0.1, 0.15) is 82.1 Å². The van der Waals surface area contributed by atoms with Crippen LogP contribution < -0.4 is 0 Å². The van der Waals surface area contributed by atoms with Gasteiger partial charge in [-0.1, -0.05) is 13.8 Å². The molecular formula is C18H34B2O4. The van der Waals surface area contributed by atoms with Crippen molar-refractivity contribution in [2.75, 3.05) is 0 Å². The Bertz CT molecular complexity index is 445. The minimum absolute atomic E-state index is 0.339. The van der Waals surface area contributed by atoms with Crippen LogP contribution in [-0.2, 0) is 18.6 Å². The van der Waals surface area contributed by atoms with Crippen molar-refractivity contribution < 1.29 is 18.6 Å². The molecule has 0 radical (unpaired) electrons. The number of hydrogen-bond donors (Lipinski definition) is 0. The third-order valence-corrected chi connectivity index (χ3v) is 6.25. The number of allylic oxidation sites excluding steroid dienone is 2. The van der Waals surface area contributed by atoms with Crippen molar-refractivity contribution in [3.63, 3.8) is 0 Å². The minimum Gasteiger partial charge on any atom is -0.400 e. The zero-order valence-corrected chi connectivity index (χ0v) is 17.2. The predicted octanol–water partition coefficient (Wildman–Crippen LogP) is 4.37. The summed E-state index contributed by atoms with van der Waals surface area (Å²) < 4.78 is 25.1. The topological polar surface area (TPSA) is 36.9 Å². The van der Waals surface area contributed by atoms with E-state index in [0.29, 0.717) is 0 Å². The van der Waals surface area contributed by atoms with Gasteiger partial charge in [0.2, 0.25) is 0 Å². The first-order chi connectivity index (χ1) is 10.8. The van der Waals surface area contributed by atoms with Gasteiger partial charge in [-0.15, -0.1) is 0 Å². The van der Waals surface area contributed by atoms with Crippen LogP contribution in [0.5, 0.6) is 0 Å². The van der Waals surface area contributed by atoms with Crippen LogP contribution in [0.2, 0.25) is 0 Å². The summed E-state index contributed by atoms with van der Waals surface area (Å²) in [6.45, 7) is 21.0. The van der Waals surface area contributed by atoms with Crippen molar-refractivity contribution in [3.05, 3.63) is 10.9 Å². The normalized spacial score (nSPS) is 28.2. The molecule has 6 heteroatoms. The molecule has 2 aliphatic rings. The Labute approximate surface area is 148 Å². The molecule has 2 rings (SSSR count). The van der Waals surface area contributed by atoms with Gasteiger partial charge < -0.3 is 18.6 Å². The Morgan fingerprint density at radius 1 is 0.542 bits per heavy atom. The fraction of sp³-hybridized carbons (Fsp3) is 0.889. The summed E-state index contributed by atoms with van der Waals surface area (Å²) in [5, 5.41) is 0. The largest absolute Gasteiger partial charge is 0.489 e. The maximum atomic E-state index is 6.27. The Morgan fingerprint density at radius 2 is 0.750 bits per heavy atom. The Morgan fingerprint density at radius 3 is 0.917 bits per heavy atom. The highest BCUT2D eigenvalue weighted by Gasteiger charge is 2.56. The molecule has 0 aromatic rings. The first kappa shape index (κ1) is 20.0. The average molecular weight is 336 g/mol. The Balaban J connectivity index is 2.36. The van der Waals surface area contributed by atoms with Gasteiger partial charge in [0.05, 0.1) is 22.4 Å². The summed E-state index contributed by atoms with van der Waals surface area (Å²) in [4.78, 5) is 0. The van der Waals surface area contributed by atoms with Gasteiger partial charge in [-0.25, -0.2) is 0 Å². The van der Waals surface area contributed by atoms with E-state index in [2.05, 4.69) is 69.2 Å². The third-order valence-electron chi connectivity index (χ3n) is 6.25. The molecule has 136 valence electrons. The fourth-order valence-electron chi connectivity index (χ4n) is 3.06. The van der Waals surface area contributed by atoms with E-state index in [1.807, 2.05) is 0 Å². The lowest BCUT2D eigenvalue weighted by atomic mass is 9.63. The monoisotopic (exact) mass is 336 g/mol. The van der Waals surface area contributed by atoms with E-state index < -0.39 is 0 Å². The highest BCUT2D eigenvalue weighted by atomic mass is 16.7. The van der Waals surface area contributed by atoms with Crippen LogP contribution >= 0.6 is 0 Å². The number of hydrogen-bond acceptors (Lipinski definition) is 4. The molecule has 0 bridgehead atoms. The lowest BCUT2D eigenvalue weighted by Gasteiger charge is -2.32. The second-order valence-corrected chi connectivity index (χ2v) is 8.93. The van der Waals surface area contributed by atoms with E-state index in [1.54, 1.807) is 0 Å². The molecule has 0 amide bonds. The van der Waals surface area contributed by atoms with Crippen LogP contribution in [0.15, 0.2) is 10.9 Å². The second-order valence-electron chi connectivity index (χ2n) is 8.93. The van der Waals surface area contributed by atoms with E-state index in [4.69, 9.17) is 18.6 Å². The maximum Gasteiger partial charge on any atom is 0.489 e. The van der Waals surface area contributed by atoms with Crippen LogP contribution in [-0.4, -0.2) is 36.6 Å². The summed E-state index contributed by atoms with van der Waals surface area (Å²) in [7, 11) is -0.678. The van der Waals surface area contributed by atoms with E-state index in [0.717, 1.165) is 23.8 Å². The molecule has 2 fully saturated rings. The lowest BCUT2D eigenvalue weighted by molar-refractivity contribution is 0.00578. The molecule has 2 saturated heterocycles. The van der Waals surface area contributed by atoms with Crippen LogP contribution in [0.4, 0.5) is 0 Å². The van der Waals surface area contributed by atoms with Crippen LogP contribution in [0.25, 0.3) is 0 Å². The standard InChI is InChI=1S/C18H34B2O4/c1-11-13(19-21-15(3,4)16(5,6)22-19)14(12-2)20-23-17(7,8)18(9,10)24-20/h11-12H2,1-10H3. The highest BCUT2D eigenvalue weighted by Crippen LogP contribution is 2.43. The molecule has 0 unspecified atom stereocenters. The lowest BCUT2D eigenvalue weighted by Crippen LogP contribution is -2.41. The van der Waals surface area contributed by atoms with Crippen molar-refractivity contribution in [1.82, 2.24) is 0 Å². The zero-order valence-electron chi connectivity index (χ0n) is 17.2. The minimum atomic E-state index is -0.340. The summed E-state index contributed by atoms with van der Waals surface area (Å²) >= 11 is 0. The molecular weight excluding hydrogens is 302 g/mol. The molecule has 0 atom stereocenters. The molecule has 24 heavy (non-hydrogen) atoms. The van der Waals surface area contributed by atoms with Gasteiger partial charge in [0, 0.05) is 0 Å². The van der Waals surface area contributed by atoms with Gasteiger partial charge in [0.1, 0.15) is 0 Å². The van der Waals surface area contributed by atoms with E-state index in [1.165, 1.54) is 0 Å². The zero-order chi connectivity index (χ0) is 18.6. The molecule has 0 N–H and O–H groups in total.